The molecule has 2 rings (SSSR count). The van der Waals surface area contributed by atoms with Crippen LogP contribution in [-0.2, 0) is 15.9 Å². The molecule has 0 aliphatic carbocycles. The average Bonchev–Trinajstić information content (AvgIpc) is 2.79. The van der Waals surface area contributed by atoms with Gasteiger partial charge < -0.3 is 9.47 Å². The highest BCUT2D eigenvalue weighted by atomic mass is 16.7. The van der Waals surface area contributed by atoms with Gasteiger partial charge in [-0.1, -0.05) is 0 Å². The van der Waals surface area contributed by atoms with Gasteiger partial charge in [-0.25, -0.2) is 4.98 Å². The quantitative estimate of drug-likeness (QED) is 0.743. The van der Waals surface area contributed by atoms with Crippen molar-refractivity contribution >= 4 is 0 Å². The van der Waals surface area contributed by atoms with Crippen LogP contribution in [0.4, 0.5) is 0 Å². The number of aromatic nitrogens is 1. The largest absolute Gasteiger partial charge is 0.350 e. The maximum absolute atomic E-state index is 8.68. The first kappa shape index (κ1) is 10.1. The Bertz CT molecular complexity index is 367. The van der Waals surface area contributed by atoms with E-state index in [4.69, 9.17) is 14.7 Å². The summed E-state index contributed by atoms with van der Waals surface area (Å²) in [5, 5.41) is 8.68. The van der Waals surface area contributed by atoms with Crippen LogP contribution in [0.3, 0.4) is 0 Å². The zero-order chi connectivity index (χ0) is 10.5. The molecule has 78 valence electrons. The minimum absolute atomic E-state index is 0.0799. The van der Waals surface area contributed by atoms with E-state index in [1.54, 1.807) is 12.3 Å². The molecule has 0 saturated carbocycles. The topological polar surface area (TPSA) is 55.1 Å². The van der Waals surface area contributed by atoms with Crippen LogP contribution in [0.15, 0.2) is 18.3 Å². The highest BCUT2D eigenvalue weighted by Crippen LogP contribution is 2.12. The molecular formula is C11H12N2O2. The SMILES string of the molecule is N#Cc1cc(CCC2OCCO2)ccn1. The van der Waals surface area contributed by atoms with Crippen molar-refractivity contribution in [1.82, 2.24) is 4.98 Å². The Morgan fingerprint density at radius 1 is 1.47 bits per heavy atom. The van der Waals surface area contributed by atoms with Crippen LogP contribution in [0.1, 0.15) is 17.7 Å². The molecule has 0 N–H and O–H groups in total. The summed E-state index contributed by atoms with van der Waals surface area (Å²) in [5.74, 6) is 0. The van der Waals surface area contributed by atoms with E-state index < -0.39 is 0 Å². The molecule has 1 fully saturated rings. The molecule has 4 heteroatoms. The number of rotatable bonds is 3. The summed E-state index contributed by atoms with van der Waals surface area (Å²) in [4.78, 5) is 3.91. The molecule has 1 saturated heterocycles. The summed E-state index contributed by atoms with van der Waals surface area (Å²) in [7, 11) is 0. The van der Waals surface area contributed by atoms with Gasteiger partial charge in [-0.3, -0.25) is 0 Å². The molecular weight excluding hydrogens is 192 g/mol. The highest BCUT2D eigenvalue weighted by Gasteiger charge is 2.15. The fraction of sp³-hybridized carbons (Fsp3) is 0.455. The maximum Gasteiger partial charge on any atom is 0.158 e. The molecule has 0 radical (unpaired) electrons. The standard InChI is InChI=1S/C11H12N2O2/c12-8-10-7-9(3-4-13-10)1-2-11-14-5-6-15-11/h3-4,7,11H,1-2,5-6H2. The zero-order valence-electron chi connectivity index (χ0n) is 8.35. The number of nitrogens with zero attached hydrogens (tertiary/aromatic N) is 2. The number of aryl methyl sites for hydroxylation is 1. The van der Waals surface area contributed by atoms with Crippen molar-refractivity contribution in [1.29, 1.82) is 5.26 Å². The summed E-state index contributed by atoms with van der Waals surface area (Å²) in [6.45, 7) is 1.37. The number of hydrogen-bond donors (Lipinski definition) is 0. The van der Waals surface area contributed by atoms with E-state index >= 15 is 0 Å². The molecule has 0 spiro atoms. The summed E-state index contributed by atoms with van der Waals surface area (Å²) < 4.78 is 10.7. The third-order valence-corrected chi connectivity index (χ3v) is 2.30. The lowest BCUT2D eigenvalue weighted by Gasteiger charge is -2.08. The van der Waals surface area contributed by atoms with E-state index in [-0.39, 0.29) is 6.29 Å². The van der Waals surface area contributed by atoms with Crippen molar-refractivity contribution in [3.8, 4) is 6.07 Å². The summed E-state index contributed by atoms with van der Waals surface area (Å²) >= 11 is 0. The van der Waals surface area contributed by atoms with Crippen LogP contribution in [0.2, 0.25) is 0 Å². The highest BCUT2D eigenvalue weighted by molar-refractivity contribution is 5.25. The molecule has 2 heterocycles. The van der Waals surface area contributed by atoms with Gasteiger partial charge in [-0.15, -0.1) is 0 Å². The van der Waals surface area contributed by atoms with E-state index in [1.165, 1.54) is 0 Å². The number of hydrogen-bond acceptors (Lipinski definition) is 4. The van der Waals surface area contributed by atoms with Crippen LogP contribution in [-0.4, -0.2) is 24.5 Å². The van der Waals surface area contributed by atoms with Crippen LogP contribution >= 0.6 is 0 Å². The lowest BCUT2D eigenvalue weighted by Crippen LogP contribution is -2.08. The number of ether oxygens (including phenoxy) is 2. The molecule has 1 aromatic heterocycles. The molecule has 0 bridgehead atoms. The van der Waals surface area contributed by atoms with E-state index in [2.05, 4.69) is 4.98 Å². The van der Waals surface area contributed by atoms with Gasteiger partial charge in [0.05, 0.1) is 13.2 Å². The Labute approximate surface area is 88.5 Å². The Morgan fingerprint density at radius 2 is 2.27 bits per heavy atom. The van der Waals surface area contributed by atoms with Gasteiger partial charge in [-0.2, -0.15) is 5.26 Å². The minimum Gasteiger partial charge on any atom is -0.350 e. The van der Waals surface area contributed by atoms with Crippen molar-refractivity contribution in [2.75, 3.05) is 13.2 Å². The Kier molecular flexibility index (Phi) is 3.28. The Hall–Kier alpha value is -1.44. The first-order chi connectivity index (χ1) is 7.38. The predicted octanol–water partition coefficient (Wildman–Crippen LogP) is 1.26. The normalized spacial score (nSPS) is 16.5. The Balaban J connectivity index is 1.90. The molecule has 1 aliphatic heterocycles. The van der Waals surface area contributed by atoms with Gasteiger partial charge in [0.15, 0.2) is 6.29 Å². The van der Waals surface area contributed by atoms with Crippen LogP contribution in [0.5, 0.6) is 0 Å². The van der Waals surface area contributed by atoms with Crippen LogP contribution in [0, 0.1) is 11.3 Å². The van der Waals surface area contributed by atoms with Gasteiger partial charge >= 0.3 is 0 Å². The van der Waals surface area contributed by atoms with Crippen LogP contribution < -0.4 is 0 Å². The van der Waals surface area contributed by atoms with Crippen molar-refractivity contribution < 1.29 is 9.47 Å². The molecule has 0 unspecified atom stereocenters. The zero-order valence-corrected chi connectivity index (χ0v) is 8.35. The molecule has 0 amide bonds. The van der Waals surface area contributed by atoms with Crippen molar-refractivity contribution in [2.45, 2.75) is 19.1 Å². The van der Waals surface area contributed by atoms with Gasteiger partial charge in [-0.05, 0) is 24.1 Å². The van der Waals surface area contributed by atoms with E-state index in [9.17, 15) is 0 Å². The fourth-order valence-electron chi connectivity index (χ4n) is 1.55. The monoisotopic (exact) mass is 204 g/mol. The summed E-state index contributed by atoms with van der Waals surface area (Å²) in [6.07, 6.45) is 3.25. The molecule has 0 atom stereocenters. The lowest BCUT2D eigenvalue weighted by molar-refractivity contribution is -0.0462. The van der Waals surface area contributed by atoms with Gasteiger partial charge in [0.25, 0.3) is 0 Å². The van der Waals surface area contributed by atoms with E-state index in [1.807, 2.05) is 12.1 Å². The number of pyridine rings is 1. The Morgan fingerprint density at radius 3 is 3.00 bits per heavy atom. The fourth-order valence-corrected chi connectivity index (χ4v) is 1.55. The number of nitriles is 1. The summed E-state index contributed by atoms with van der Waals surface area (Å²) in [6, 6.07) is 5.73. The summed E-state index contributed by atoms with van der Waals surface area (Å²) in [5.41, 5.74) is 1.56. The third kappa shape index (κ3) is 2.75. The maximum atomic E-state index is 8.68. The molecule has 4 nitrogen and oxygen atoms in total. The van der Waals surface area contributed by atoms with E-state index in [0.717, 1.165) is 18.4 Å². The second kappa shape index (κ2) is 4.87. The van der Waals surface area contributed by atoms with E-state index in [0.29, 0.717) is 18.9 Å². The molecule has 1 aromatic rings. The van der Waals surface area contributed by atoms with Crippen LogP contribution in [0.25, 0.3) is 0 Å². The predicted molar refractivity (Wildman–Crippen MR) is 53.0 cm³/mol. The van der Waals surface area contributed by atoms with Gasteiger partial charge in [0.2, 0.25) is 0 Å². The lowest BCUT2D eigenvalue weighted by atomic mass is 10.1. The molecule has 15 heavy (non-hydrogen) atoms. The van der Waals surface area contributed by atoms with Gasteiger partial charge in [0, 0.05) is 12.6 Å². The van der Waals surface area contributed by atoms with Gasteiger partial charge in [0.1, 0.15) is 11.8 Å². The minimum atomic E-state index is -0.0799. The van der Waals surface area contributed by atoms with Crippen molar-refractivity contribution in [3.05, 3.63) is 29.6 Å². The average molecular weight is 204 g/mol. The first-order valence-electron chi connectivity index (χ1n) is 4.97. The van der Waals surface area contributed by atoms with Crippen molar-refractivity contribution in [3.63, 3.8) is 0 Å². The van der Waals surface area contributed by atoms with Crippen molar-refractivity contribution in [2.24, 2.45) is 0 Å². The second-order valence-corrected chi connectivity index (χ2v) is 3.37. The molecule has 0 aromatic carbocycles. The first-order valence-corrected chi connectivity index (χ1v) is 4.97. The third-order valence-electron chi connectivity index (χ3n) is 2.30. The second-order valence-electron chi connectivity index (χ2n) is 3.37. The molecule has 1 aliphatic rings. The smallest absolute Gasteiger partial charge is 0.158 e.